The summed E-state index contributed by atoms with van der Waals surface area (Å²) < 4.78 is 5.53. The third-order valence-electron chi connectivity index (χ3n) is 3.61. The van der Waals surface area contributed by atoms with Crippen LogP contribution in [0.3, 0.4) is 0 Å². The summed E-state index contributed by atoms with van der Waals surface area (Å²) in [6.45, 7) is 4.49. The van der Waals surface area contributed by atoms with Gasteiger partial charge in [-0.2, -0.15) is 0 Å². The predicted molar refractivity (Wildman–Crippen MR) is 79.0 cm³/mol. The van der Waals surface area contributed by atoms with E-state index in [0.717, 1.165) is 6.42 Å². The van der Waals surface area contributed by atoms with Crippen LogP contribution in [-0.2, 0) is 12.8 Å². The molecule has 0 fully saturated rings. The van der Waals surface area contributed by atoms with Crippen LogP contribution in [0.2, 0.25) is 0 Å². The van der Waals surface area contributed by atoms with Crippen molar-refractivity contribution >= 4 is 0 Å². The van der Waals surface area contributed by atoms with Crippen LogP contribution in [0.5, 0.6) is 0 Å². The number of hydrogen-bond acceptors (Lipinski definition) is 1. The van der Waals surface area contributed by atoms with Crippen molar-refractivity contribution in [3.63, 3.8) is 0 Å². The molecule has 0 atom stereocenters. The van der Waals surface area contributed by atoms with E-state index >= 15 is 0 Å². The van der Waals surface area contributed by atoms with Crippen LogP contribution in [0.15, 0.2) is 16.7 Å². The summed E-state index contributed by atoms with van der Waals surface area (Å²) in [5.41, 5.74) is 1.45. The Morgan fingerprint density at radius 2 is 1.44 bits per heavy atom. The van der Waals surface area contributed by atoms with Gasteiger partial charge in [-0.1, -0.05) is 58.8 Å². The SMILES string of the molecule is CCCCCCCCCCc1ccoc1CCC. The van der Waals surface area contributed by atoms with Crippen molar-refractivity contribution in [2.45, 2.75) is 84.5 Å². The molecule has 0 amide bonds. The van der Waals surface area contributed by atoms with Crippen LogP contribution < -0.4 is 0 Å². The Bertz CT molecular complexity index is 288. The molecule has 0 saturated carbocycles. The highest BCUT2D eigenvalue weighted by Gasteiger charge is 2.04. The van der Waals surface area contributed by atoms with Crippen molar-refractivity contribution in [3.8, 4) is 0 Å². The first-order valence-corrected chi connectivity index (χ1v) is 7.93. The Hall–Kier alpha value is -0.720. The highest BCUT2D eigenvalue weighted by molar-refractivity contribution is 5.17. The first-order chi connectivity index (χ1) is 8.88. The first kappa shape index (κ1) is 15.3. The van der Waals surface area contributed by atoms with E-state index in [4.69, 9.17) is 4.42 Å². The first-order valence-electron chi connectivity index (χ1n) is 7.93. The second kappa shape index (κ2) is 10.2. The molecule has 1 nitrogen and oxygen atoms in total. The minimum atomic E-state index is 1.10. The molecule has 104 valence electrons. The van der Waals surface area contributed by atoms with E-state index < -0.39 is 0 Å². The summed E-state index contributed by atoms with van der Waals surface area (Å²) in [7, 11) is 0. The second-order valence-electron chi connectivity index (χ2n) is 5.34. The van der Waals surface area contributed by atoms with E-state index in [1.807, 2.05) is 6.26 Å². The zero-order valence-corrected chi connectivity index (χ0v) is 12.3. The van der Waals surface area contributed by atoms with E-state index in [1.54, 1.807) is 0 Å². The molecule has 0 bridgehead atoms. The van der Waals surface area contributed by atoms with Gasteiger partial charge in [0.15, 0.2) is 0 Å². The van der Waals surface area contributed by atoms with Crippen molar-refractivity contribution in [2.24, 2.45) is 0 Å². The van der Waals surface area contributed by atoms with Crippen LogP contribution in [0.1, 0.15) is 83.0 Å². The minimum absolute atomic E-state index is 1.10. The summed E-state index contributed by atoms with van der Waals surface area (Å²) in [6.07, 6.45) is 16.5. The van der Waals surface area contributed by atoms with Gasteiger partial charge in [0.1, 0.15) is 5.76 Å². The van der Waals surface area contributed by atoms with Gasteiger partial charge in [-0.05, 0) is 30.9 Å². The monoisotopic (exact) mass is 250 g/mol. The Kier molecular flexibility index (Phi) is 8.71. The van der Waals surface area contributed by atoms with Crippen molar-refractivity contribution in [1.29, 1.82) is 0 Å². The molecular weight excluding hydrogens is 220 g/mol. The van der Waals surface area contributed by atoms with Gasteiger partial charge < -0.3 is 4.42 Å². The Balaban J connectivity index is 2.01. The summed E-state index contributed by atoms with van der Waals surface area (Å²) >= 11 is 0. The topological polar surface area (TPSA) is 13.1 Å². The third-order valence-corrected chi connectivity index (χ3v) is 3.61. The lowest BCUT2D eigenvalue weighted by atomic mass is 10.0. The van der Waals surface area contributed by atoms with Gasteiger partial charge in [-0.15, -0.1) is 0 Å². The van der Waals surface area contributed by atoms with Crippen LogP contribution in [0.4, 0.5) is 0 Å². The van der Waals surface area contributed by atoms with Crippen molar-refractivity contribution < 1.29 is 4.42 Å². The quantitative estimate of drug-likeness (QED) is 0.445. The molecule has 1 heteroatoms. The largest absolute Gasteiger partial charge is 0.469 e. The lowest BCUT2D eigenvalue weighted by Gasteiger charge is -2.02. The molecule has 0 radical (unpaired) electrons. The van der Waals surface area contributed by atoms with E-state index in [9.17, 15) is 0 Å². The molecule has 1 heterocycles. The van der Waals surface area contributed by atoms with Gasteiger partial charge in [-0.25, -0.2) is 0 Å². The molecule has 1 rings (SSSR count). The number of unbranched alkanes of at least 4 members (excludes halogenated alkanes) is 7. The highest BCUT2D eigenvalue weighted by atomic mass is 16.3. The maximum Gasteiger partial charge on any atom is 0.106 e. The van der Waals surface area contributed by atoms with Gasteiger partial charge in [0.2, 0.25) is 0 Å². The number of rotatable bonds is 11. The maximum absolute atomic E-state index is 5.53. The van der Waals surface area contributed by atoms with Crippen molar-refractivity contribution in [2.75, 3.05) is 0 Å². The van der Waals surface area contributed by atoms with Gasteiger partial charge in [0.25, 0.3) is 0 Å². The summed E-state index contributed by atoms with van der Waals surface area (Å²) in [5.74, 6) is 1.22. The second-order valence-corrected chi connectivity index (χ2v) is 5.34. The highest BCUT2D eigenvalue weighted by Crippen LogP contribution is 2.17. The fraction of sp³-hybridized carbons (Fsp3) is 0.765. The number of aryl methyl sites for hydroxylation is 2. The molecule has 1 aromatic rings. The zero-order valence-electron chi connectivity index (χ0n) is 12.3. The summed E-state index contributed by atoms with van der Waals surface area (Å²) in [4.78, 5) is 0. The fourth-order valence-corrected chi connectivity index (χ4v) is 2.49. The van der Waals surface area contributed by atoms with Crippen LogP contribution in [0, 0.1) is 0 Å². The van der Waals surface area contributed by atoms with Crippen molar-refractivity contribution in [3.05, 3.63) is 23.7 Å². The lowest BCUT2D eigenvalue weighted by Crippen LogP contribution is -1.90. The summed E-state index contributed by atoms with van der Waals surface area (Å²) in [5, 5.41) is 0. The lowest BCUT2D eigenvalue weighted by molar-refractivity contribution is 0.499. The van der Waals surface area contributed by atoms with Crippen LogP contribution >= 0.6 is 0 Å². The molecule has 0 aliphatic heterocycles. The molecule has 0 N–H and O–H groups in total. The predicted octanol–water partition coefficient (Wildman–Crippen LogP) is 5.92. The smallest absolute Gasteiger partial charge is 0.106 e. The maximum atomic E-state index is 5.53. The zero-order chi connectivity index (χ0) is 13.1. The molecule has 0 aliphatic carbocycles. The number of furan rings is 1. The molecule has 0 unspecified atom stereocenters. The molecule has 1 aromatic heterocycles. The molecule has 0 aliphatic rings. The average Bonchev–Trinajstić information content (AvgIpc) is 2.81. The third kappa shape index (κ3) is 6.28. The fourth-order valence-electron chi connectivity index (χ4n) is 2.49. The van der Waals surface area contributed by atoms with Gasteiger partial charge in [0, 0.05) is 6.42 Å². The van der Waals surface area contributed by atoms with E-state index in [0.29, 0.717) is 0 Å². The molecule has 0 aromatic carbocycles. The summed E-state index contributed by atoms with van der Waals surface area (Å²) in [6, 6.07) is 2.16. The van der Waals surface area contributed by atoms with Gasteiger partial charge in [-0.3, -0.25) is 0 Å². The Labute approximate surface area is 113 Å². The molecule has 18 heavy (non-hydrogen) atoms. The van der Waals surface area contributed by atoms with Crippen LogP contribution in [0.25, 0.3) is 0 Å². The minimum Gasteiger partial charge on any atom is -0.469 e. The molecule has 0 spiro atoms. The van der Waals surface area contributed by atoms with Gasteiger partial charge >= 0.3 is 0 Å². The van der Waals surface area contributed by atoms with E-state index in [2.05, 4.69) is 19.9 Å². The van der Waals surface area contributed by atoms with E-state index in [-0.39, 0.29) is 0 Å². The molecule has 0 saturated heterocycles. The Morgan fingerprint density at radius 3 is 2.11 bits per heavy atom. The number of hydrogen-bond donors (Lipinski definition) is 0. The Morgan fingerprint density at radius 1 is 0.778 bits per heavy atom. The molecular formula is C17H30O. The van der Waals surface area contributed by atoms with E-state index in [1.165, 1.54) is 75.5 Å². The van der Waals surface area contributed by atoms with Crippen LogP contribution in [-0.4, -0.2) is 0 Å². The van der Waals surface area contributed by atoms with Gasteiger partial charge in [0.05, 0.1) is 6.26 Å². The normalized spacial score (nSPS) is 11.0. The standard InChI is InChI=1S/C17H30O/c1-3-5-6-7-8-9-10-11-13-16-14-15-18-17(16)12-4-2/h14-15H,3-13H2,1-2H3. The van der Waals surface area contributed by atoms with Crippen molar-refractivity contribution in [1.82, 2.24) is 0 Å². The average molecular weight is 250 g/mol.